The van der Waals surface area contributed by atoms with E-state index in [1.165, 1.54) is 10.8 Å². The Morgan fingerprint density at radius 1 is 0.769 bits per heavy atom. The van der Waals surface area contributed by atoms with Gasteiger partial charge >= 0.3 is 22.1 Å². The van der Waals surface area contributed by atoms with Gasteiger partial charge in [-0.1, -0.05) is 24.3 Å². The molecule has 212 valence electrons. The molecule has 39 heavy (non-hydrogen) atoms. The molecule has 1 atom stereocenters. The Kier molecular flexibility index (Phi) is 8.40. The third kappa shape index (κ3) is 6.37. The number of hydrogen-bond donors (Lipinski definition) is 1. The molecule has 0 amide bonds. The molecule has 0 heterocycles. The smallest absolute Gasteiger partial charge is 0.435 e. The Morgan fingerprint density at radius 3 is 1.90 bits per heavy atom. The van der Waals surface area contributed by atoms with Crippen LogP contribution in [0.1, 0.15) is 18.5 Å². The highest BCUT2D eigenvalue weighted by Gasteiger charge is 2.46. The maximum atomic E-state index is 14.3. The van der Waals surface area contributed by atoms with Crippen molar-refractivity contribution in [2.45, 2.75) is 44.7 Å². The fourth-order valence-electron chi connectivity index (χ4n) is 3.31. The van der Waals surface area contributed by atoms with E-state index >= 15 is 0 Å². The van der Waals surface area contributed by atoms with Crippen molar-refractivity contribution in [1.82, 2.24) is 4.72 Å². The molecule has 0 saturated heterocycles. The molecule has 0 unspecified atom stereocenters. The summed E-state index contributed by atoms with van der Waals surface area (Å²) in [6, 6.07) is 8.09. The highest BCUT2D eigenvalue weighted by Crippen LogP contribution is 2.35. The maximum Gasteiger partial charge on any atom is 0.511 e. The van der Waals surface area contributed by atoms with Crippen LogP contribution in [0.2, 0.25) is 0 Å². The number of nitrogens with one attached hydrogen (secondary N) is 1. The topological polar surface area (TPSA) is 124 Å². The minimum atomic E-state index is -5.72. The first-order valence-electron chi connectivity index (χ1n) is 10.4. The van der Waals surface area contributed by atoms with Gasteiger partial charge in [-0.05, 0) is 48.9 Å². The second kappa shape index (κ2) is 10.8. The first-order chi connectivity index (χ1) is 17.9. The van der Waals surface area contributed by atoms with Crippen molar-refractivity contribution in [3.63, 3.8) is 0 Å². The number of ether oxygens (including phenoxy) is 1. The molecule has 0 fully saturated rings. The molecule has 0 radical (unpaired) electrons. The van der Waals surface area contributed by atoms with E-state index in [0.717, 1.165) is 55.5 Å². The molecule has 0 aromatic heterocycles. The Labute approximate surface area is 219 Å². The lowest BCUT2D eigenvalue weighted by atomic mass is 10.1. The number of alkyl halides is 5. The zero-order chi connectivity index (χ0) is 29.4. The summed E-state index contributed by atoms with van der Waals surface area (Å²) in [5, 5.41) is 0. The molecule has 1 N–H and O–H groups in total. The van der Waals surface area contributed by atoms with Crippen molar-refractivity contribution in [3.8, 4) is 5.75 Å². The first kappa shape index (κ1) is 30.4. The Bertz CT molecular complexity index is 1690. The molecule has 0 saturated carbocycles. The summed E-state index contributed by atoms with van der Waals surface area (Å²) in [5.74, 6) is -1.99. The van der Waals surface area contributed by atoms with Gasteiger partial charge in [-0.3, -0.25) is 0 Å². The zero-order valence-corrected chi connectivity index (χ0v) is 21.8. The molecule has 3 aromatic carbocycles. The van der Waals surface area contributed by atoms with Crippen LogP contribution in [0.15, 0.2) is 86.3 Å². The zero-order valence-electron chi connectivity index (χ0n) is 19.4. The van der Waals surface area contributed by atoms with E-state index in [2.05, 4.69) is 4.74 Å². The Hall–Kier alpha value is -3.15. The van der Waals surface area contributed by atoms with Gasteiger partial charge in [0.05, 0.1) is 14.7 Å². The lowest BCUT2D eigenvalue weighted by Crippen LogP contribution is -2.37. The number of rotatable bonds is 9. The van der Waals surface area contributed by atoms with Crippen LogP contribution in [0.3, 0.4) is 0 Å². The third-order valence-electron chi connectivity index (χ3n) is 5.17. The Balaban J connectivity index is 2.10. The standard InChI is InChI=1S/C22H17F6NO7S3/c1-13(29-39(34,35)22(26,27)28)14-6-9-16(10-7-14)37(30,31)19-11-8-15(36-21(24)25)12-20(19)38(32,33)18-5-3-2-4-17(18)23/h2-13,21,29H,1H3/t13-/m0/s1. The van der Waals surface area contributed by atoms with Crippen LogP contribution in [0.4, 0.5) is 26.3 Å². The molecular weight excluding hydrogens is 600 g/mol. The van der Waals surface area contributed by atoms with Crippen LogP contribution in [0, 0.1) is 5.82 Å². The van der Waals surface area contributed by atoms with Crippen molar-refractivity contribution < 1.29 is 56.3 Å². The molecule has 0 aliphatic carbocycles. The number of hydrogen-bond acceptors (Lipinski definition) is 7. The van der Waals surface area contributed by atoms with Crippen LogP contribution in [-0.2, 0) is 29.7 Å². The van der Waals surface area contributed by atoms with Crippen molar-refractivity contribution in [2.75, 3.05) is 0 Å². The lowest BCUT2D eigenvalue weighted by Gasteiger charge is -2.17. The molecule has 0 aliphatic heterocycles. The molecular formula is C22H17F6NO7S3. The molecule has 8 nitrogen and oxygen atoms in total. The van der Waals surface area contributed by atoms with Crippen LogP contribution in [0.5, 0.6) is 5.75 Å². The van der Waals surface area contributed by atoms with Crippen LogP contribution < -0.4 is 9.46 Å². The maximum absolute atomic E-state index is 14.3. The predicted molar refractivity (Wildman–Crippen MR) is 123 cm³/mol. The molecule has 17 heteroatoms. The summed E-state index contributed by atoms with van der Waals surface area (Å²) in [5.41, 5.74) is -5.67. The van der Waals surface area contributed by atoms with Crippen molar-refractivity contribution in [2.24, 2.45) is 0 Å². The summed E-state index contributed by atoms with van der Waals surface area (Å²) in [6.45, 7) is -2.34. The second-order valence-corrected chi connectivity index (χ2v) is 13.3. The average molecular weight is 618 g/mol. The van der Waals surface area contributed by atoms with Gasteiger partial charge in [0, 0.05) is 12.1 Å². The molecule has 3 rings (SSSR count). The van der Waals surface area contributed by atoms with Gasteiger partial charge in [-0.2, -0.15) is 22.0 Å². The van der Waals surface area contributed by atoms with Gasteiger partial charge in [-0.25, -0.2) is 34.4 Å². The lowest BCUT2D eigenvalue weighted by molar-refractivity contribution is -0.0501. The third-order valence-corrected chi connectivity index (χ3v) is 10.2. The van der Waals surface area contributed by atoms with Gasteiger partial charge in [0.25, 0.3) is 0 Å². The van der Waals surface area contributed by atoms with E-state index in [0.29, 0.717) is 12.1 Å². The largest absolute Gasteiger partial charge is 0.511 e. The molecule has 0 aliphatic rings. The number of halogens is 6. The number of sulfonamides is 1. The van der Waals surface area contributed by atoms with Gasteiger partial charge in [-0.15, -0.1) is 0 Å². The fourth-order valence-corrected chi connectivity index (χ4v) is 7.44. The minimum Gasteiger partial charge on any atom is -0.435 e. The highest BCUT2D eigenvalue weighted by molar-refractivity contribution is 7.94. The summed E-state index contributed by atoms with van der Waals surface area (Å²) in [4.78, 5) is -3.56. The van der Waals surface area contributed by atoms with Gasteiger partial charge in [0.15, 0.2) is 0 Å². The predicted octanol–water partition coefficient (Wildman–Crippen LogP) is 4.59. The van der Waals surface area contributed by atoms with E-state index < -0.39 is 79.0 Å². The SMILES string of the molecule is C[C@H](NS(=O)(=O)C(F)(F)F)c1ccc(S(=O)(=O)c2ccc(OC(F)F)cc2S(=O)(=O)c2ccccc2F)cc1. The van der Waals surface area contributed by atoms with Gasteiger partial charge in [0.2, 0.25) is 19.7 Å². The number of benzene rings is 3. The van der Waals surface area contributed by atoms with Crippen molar-refractivity contribution in [1.29, 1.82) is 0 Å². The van der Waals surface area contributed by atoms with E-state index in [-0.39, 0.29) is 5.56 Å². The van der Waals surface area contributed by atoms with Crippen LogP contribution >= 0.6 is 0 Å². The van der Waals surface area contributed by atoms with Gasteiger partial charge in [0.1, 0.15) is 16.5 Å². The monoisotopic (exact) mass is 617 g/mol. The first-order valence-corrected chi connectivity index (χ1v) is 14.8. The average Bonchev–Trinajstić information content (AvgIpc) is 2.82. The van der Waals surface area contributed by atoms with Crippen molar-refractivity contribution >= 4 is 29.7 Å². The van der Waals surface area contributed by atoms with Gasteiger partial charge < -0.3 is 4.74 Å². The molecule has 0 bridgehead atoms. The summed E-state index contributed by atoms with van der Waals surface area (Å²) in [7, 11) is -15.5. The van der Waals surface area contributed by atoms with E-state index in [1.54, 1.807) is 0 Å². The van der Waals surface area contributed by atoms with Crippen molar-refractivity contribution in [3.05, 3.63) is 78.1 Å². The molecule has 0 spiro atoms. The summed E-state index contributed by atoms with van der Waals surface area (Å²) >= 11 is 0. The Morgan fingerprint density at radius 2 is 1.36 bits per heavy atom. The van der Waals surface area contributed by atoms with E-state index in [1.807, 2.05) is 0 Å². The van der Waals surface area contributed by atoms with E-state index in [4.69, 9.17) is 0 Å². The normalized spacial score (nSPS) is 13.8. The fraction of sp³-hybridized carbons (Fsp3) is 0.182. The highest BCUT2D eigenvalue weighted by atomic mass is 32.2. The minimum absolute atomic E-state index is 0.0818. The summed E-state index contributed by atoms with van der Waals surface area (Å²) in [6.07, 6.45) is 0. The van der Waals surface area contributed by atoms with Crippen LogP contribution in [-0.4, -0.2) is 37.4 Å². The van der Waals surface area contributed by atoms with E-state index in [9.17, 15) is 51.6 Å². The second-order valence-electron chi connectivity index (χ2n) is 7.78. The molecule has 3 aromatic rings. The quantitative estimate of drug-likeness (QED) is 0.349. The van der Waals surface area contributed by atoms with Crippen LogP contribution in [0.25, 0.3) is 0 Å². The number of sulfone groups is 2. The summed E-state index contributed by atoms with van der Waals surface area (Å²) < 4.78 is 159.